The van der Waals surface area contributed by atoms with Gasteiger partial charge in [0.1, 0.15) is 0 Å². The fourth-order valence-corrected chi connectivity index (χ4v) is 2.67. The Morgan fingerprint density at radius 2 is 1.67 bits per heavy atom. The van der Waals surface area contributed by atoms with E-state index in [9.17, 15) is 8.42 Å². The van der Waals surface area contributed by atoms with Gasteiger partial charge >= 0.3 is 0 Å². The molecule has 0 aliphatic carbocycles. The highest BCUT2D eigenvalue weighted by Gasteiger charge is 2.17. The summed E-state index contributed by atoms with van der Waals surface area (Å²) in [6.07, 6.45) is 0. The maximum Gasteiger partial charge on any atom is 0.242 e. The predicted octanol–water partition coefficient (Wildman–Crippen LogP) is 2.00. The number of rotatable bonds is 5. The summed E-state index contributed by atoms with van der Waals surface area (Å²) in [5.74, 6) is 0. The molecule has 0 heterocycles. The molecule has 4 nitrogen and oxygen atoms in total. The highest BCUT2D eigenvalue weighted by atomic mass is 35.5. The highest BCUT2D eigenvalue weighted by molar-refractivity contribution is 7.89. The van der Waals surface area contributed by atoms with E-state index in [0.29, 0.717) is 11.4 Å². The van der Waals surface area contributed by atoms with Crippen molar-refractivity contribution < 1.29 is 8.42 Å². The maximum atomic E-state index is 11.9. The van der Waals surface area contributed by atoms with Gasteiger partial charge in [0.2, 0.25) is 10.0 Å². The first-order chi connectivity index (χ1) is 8.25. The summed E-state index contributed by atoms with van der Waals surface area (Å²) in [5, 5.41) is 0.0418. The van der Waals surface area contributed by atoms with Crippen molar-refractivity contribution in [2.45, 2.75) is 17.2 Å². The third kappa shape index (κ3) is 3.60. The molecule has 1 unspecified atom stereocenters. The SMILES string of the molecule is CC(Cl)CN(C)c1ccc(S(=O)(=O)N(C)C)cc1. The molecule has 1 aromatic rings. The second kappa shape index (κ2) is 5.91. The molecule has 0 saturated carbocycles. The van der Waals surface area contributed by atoms with Crippen molar-refractivity contribution in [1.29, 1.82) is 0 Å². The summed E-state index contributed by atoms with van der Waals surface area (Å²) >= 11 is 5.92. The van der Waals surface area contributed by atoms with Gasteiger partial charge in [-0.1, -0.05) is 0 Å². The summed E-state index contributed by atoms with van der Waals surface area (Å²) < 4.78 is 25.0. The number of sulfonamides is 1. The zero-order valence-electron chi connectivity index (χ0n) is 11.1. The first-order valence-electron chi connectivity index (χ1n) is 5.63. The lowest BCUT2D eigenvalue weighted by molar-refractivity contribution is 0.521. The highest BCUT2D eigenvalue weighted by Crippen LogP contribution is 2.19. The number of anilines is 1. The first-order valence-corrected chi connectivity index (χ1v) is 7.50. The van der Waals surface area contributed by atoms with Crippen molar-refractivity contribution in [1.82, 2.24) is 4.31 Å². The van der Waals surface area contributed by atoms with Crippen LogP contribution in [-0.2, 0) is 10.0 Å². The van der Waals surface area contributed by atoms with Crippen LogP contribution in [-0.4, -0.2) is 45.8 Å². The van der Waals surface area contributed by atoms with Gasteiger partial charge in [-0.25, -0.2) is 12.7 Å². The van der Waals surface area contributed by atoms with Crippen LogP contribution in [0.5, 0.6) is 0 Å². The van der Waals surface area contributed by atoms with Crippen molar-refractivity contribution in [2.75, 3.05) is 32.6 Å². The Morgan fingerprint density at radius 3 is 2.06 bits per heavy atom. The van der Waals surface area contributed by atoms with E-state index in [0.717, 1.165) is 5.69 Å². The molecule has 0 saturated heterocycles. The Hall–Kier alpha value is -0.780. The monoisotopic (exact) mass is 290 g/mol. The van der Waals surface area contributed by atoms with Gasteiger partial charge in [-0.15, -0.1) is 11.6 Å². The maximum absolute atomic E-state index is 11.9. The molecule has 0 N–H and O–H groups in total. The molecule has 6 heteroatoms. The van der Waals surface area contributed by atoms with Crippen molar-refractivity contribution in [3.05, 3.63) is 24.3 Å². The van der Waals surface area contributed by atoms with Crippen molar-refractivity contribution in [2.24, 2.45) is 0 Å². The fraction of sp³-hybridized carbons (Fsp3) is 0.500. The Morgan fingerprint density at radius 1 is 1.17 bits per heavy atom. The van der Waals surface area contributed by atoms with Crippen LogP contribution in [0.2, 0.25) is 0 Å². The average molecular weight is 291 g/mol. The van der Waals surface area contributed by atoms with Gasteiger partial charge in [0.25, 0.3) is 0 Å². The van der Waals surface area contributed by atoms with E-state index >= 15 is 0 Å². The summed E-state index contributed by atoms with van der Waals surface area (Å²) in [7, 11) is 1.61. The number of hydrogen-bond acceptors (Lipinski definition) is 3. The van der Waals surface area contributed by atoms with Gasteiger partial charge in [0.15, 0.2) is 0 Å². The van der Waals surface area contributed by atoms with Crippen molar-refractivity contribution >= 4 is 27.3 Å². The van der Waals surface area contributed by atoms with Gasteiger partial charge < -0.3 is 4.90 Å². The standard InChI is InChI=1S/C12H19ClN2O2S/c1-10(13)9-15(4)11-5-7-12(8-6-11)18(16,17)14(2)3/h5-8,10H,9H2,1-4H3. The Bertz CT molecular complexity index is 483. The van der Waals surface area contributed by atoms with Gasteiger partial charge in [-0.2, -0.15) is 0 Å². The van der Waals surface area contributed by atoms with Crippen LogP contribution in [0, 0.1) is 0 Å². The van der Waals surface area contributed by atoms with E-state index in [2.05, 4.69) is 0 Å². The lowest BCUT2D eigenvalue weighted by Crippen LogP contribution is -2.24. The lowest BCUT2D eigenvalue weighted by atomic mass is 10.3. The quantitative estimate of drug-likeness (QED) is 0.779. The third-order valence-electron chi connectivity index (χ3n) is 2.58. The Balaban J connectivity index is 2.94. The van der Waals surface area contributed by atoms with E-state index in [4.69, 9.17) is 11.6 Å². The van der Waals surface area contributed by atoms with Crippen LogP contribution in [0.3, 0.4) is 0 Å². The zero-order valence-corrected chi connectivity index (χ0v) is 12.7. The minimum atomic E-state index is -3.35. The van der Waals surface area contributed by atoms with E-state index < -0.39 is 10.0 Å². The summed E-state index contributed by atoms with van der Waals surface area (Å²) in [6.45, 7) is 2.63. The molecule has 0 radical (unpaired) electrons. The molecule has 1 aromatic carbocycles. The Kier molecular flexibility index (Phi) is 5.01. The van der Waals surface area contributed by atoms with Crippen molar-refractivity contribution in [3.8, 4) is 0 Å². The van der Waals surface area contributed by atoms with E-state index in [1.807, 2.05) is 18.9 Å². The molecule has 0 aliphatic heterocycles. The normalized spacial score (nSPS) is 13.7. The van der Waals surface area contributed by atoms with Crippen LogP contribution in [0.25, 0.3) is 0 Å². The van der Waals surface area contributed by atoms with Crippen molar-refractivity contribution in [3.63, 3.8) is 0 Å². The number of alkyl halides is 1. The Labute approximate surface area is 114 Å². The number of halogens is 1. The van der Waals surface area contributed by atoms with E-state index in [1.165, 1.54) is 18.4 Å². The molecule has 18 heavy (non-hydrogen) atoms. The second-order valence-corrected chi connectivity index (χ2v) is 7.34. The average Bonchev–Trinajstić information content (AvgIpc) is 2.28. The number of hydrogen-bond donors (Lipinski definition) is 0. The van der Waals surface area contributed by atoms with Crippen LogP contribution in [0.15, 0.2) is 29.2 Å². The topological polar surface area (TPSA) is 40.6 Å². The summed E-state index contributed by atoms with van der Waals surface area (Å²) in [4.78, 5) is 2.28. The van der Waals surface area contributed by atoms with Gasteiger partial charge in [0, 0.05) is 38.8 Å². The van der Waals surface area contributed by atoms with Gasteiger partial charge in [0.05, 0.1) is 4.90 Å². The van der Waals surface area contributed by atoms with E-state index in [-0.39, 0.29) is 5.38 Å². The molecular weight excluding hydrogens is 272 g/mol. The minimum absolute atomic E-state index is 0.0418. The first kappa shape index (κ1) is 15.3. The molecule has 0 aromatic heterocycles. The van der Waals surface area contributed by atoms with Crippen LogP contribution in [0.1, 0.15) is 6.92 Å². The molecule has 0 aliphatic rings. The summed E-state index contributed by atoms with van der Waals surface area (Å²) in [6, 6.07) is 6.80. The van der Waals surface area contributed by atoms with Crippen LogP contribution < -0.4 is 4.90 Å². The minimum Gasteiger partial charge on any atom is -0.373 e. The molecular formula is C12H19ClN2O2S. The largest absolute Gasteiger partial charge is 0.373 e. The van der Waals surface area contributed by atoms with E-state index in [1.54, 1.807) is 24.3 Å². The van der Waals surface area contributed by atoms with Crippen LogP contribution in [0.4, 0.5) is 5.69 Å². The second-order valence-electron chi connectivity index (χ2n) is 4.44. The molecule has 1 atom stereocenters. The van der Waals surface area contributed by atoms with Crippen LogP contribution >= 0.6 is 11.6 Å². The molecule has 102 valence electrons. The number of nitrogens with zero attached hydrogens (tertiary/aromatic N) is 2. The smallest absolute Gasteiger partial charge is 0.242 e. The molecule has 0 spiro atoms. The third-order valence-corrected chi connectivity index (χ3v) is 4.55. The van der Waals surface area contributed by atoms with Gasteiger partial charge in [-0.05, 0) is 31.2 Å². The van der Waals surface area contributed by atoms with Gasteiger partial charge in [-0.3, -0.25) is 0 Å². The zero-order chi connectivity index (χ0) is 13.9. The predicted molar refractivity (Wildman–Crippen MR) is 75.9 cm³/mol. The lowest BCUT2D eigenvalue weighted by Gasteiger charge is -2.21. The molecule has 0 bridgehead atoms. The molecule has 0 fully saturated rings. The number of benzene rings is 1. The molecule has 1 rings (SSSR count). The summed E-state index contributed by atoms with van der Waals surface area (Å²) in [5.41, 5.74) is 0.945. The molecule has 0 amide bonds. The fourth-order valence-electron chi connectivity index (χ4n) is 1.57.